The maximum Gasteiger partial charge on any atom is 0.100 e. The van der Waals surface area contributed by atoms with Crippen molar-refractivity contribution in [1.82, 2.24) is 0 Å². The summed E-state index contributed by atoms with van der Waals surface area (Å²) < 4.78 is -1.95. The Morgan fingerprint density at radius 3 is 0.500 bits per heavy atom. The zero-order valence-electron chi connectivity index (χ0n) is 26.2. The van der Waals surface area contributed by atoms with Crippen LogP contribution in [0, 0.1) is 0 Å². The molecule has 0 heterocycles. The highest BCUT2D eigenvalue weighted by Crippen LogP contribution is 2.53. The number of benzene rings is 7. The molecule has 0 N–H and O–H groups in total. The second-order valence-corrected chi connectivity index (χ2v) is 15.5. The Morgan fingerprint density at radius 2 is 0.354 bits per heavy atom. The first-order valence-electron chi connectivity index (χ1n) is 16.0. The summed E-state index contributed by atoms with van der Waals surface area (Å²) in [6, 6.07) is 71.5. The molecule has 0 saturated carbocycles. The third kappa shape index (κ3) is 5.83. The molecule has 0 amide bonds. The quantitative estimate of drug-likeness (QED) is 0.101. The van der Waals surface area contributed by atoms with Crippen LogP contribution in [0.5, 0.6) is 0 Å². The van der Waals surface area contributed by atoms with E-state index in [9.17, 15) is 0 Å². The van der Waals surface area contributed by atoms with Gasteiger partial charge in [-0.2, -0.15) is 0 Å². The van der Waals surface area contributed by atoms with Crippen molar-refractivity contribution in [1.29, 1.82) is 0 Å². The molecule has 0 radical (unpaired) electrons. The van der Waals surface area contributed by atoms with Crippen LogP contribution in [-0.4, -0.2) is 0 Å². The number of hydrogen-bond donors (Lipinski definition) is 0. The van der Waals surface area contributed by atoms with E-state index in [1.165, 1.54) is 0 Å². The van der Waals surface area contributed by atoms with E-state index in [2.05, 4.69) is 248 Å². The molecule has 48 heavy (non-hydrogen) atoms. The van der Waals surface area contributed by atoms with Crippen LogP contribution < -0.4 is 0 Å². The van der Waals surface area contributed by atoms with Gasteiger partial charge < -0.3 is 0 Å². The molecule has 0 saturated heterocycles. The van der Waals surface area contributed by atoms with Gasteiger partial charge >= 0.3 is 0 Å². The molecule has 7 rings (SSSR count). The topological polar surface area (TPSA) is 0 Å². The molecule has 7 aromatic carbocycles. The summed E-state index contributed by atoms with van der Waals surface area (Å²) in [5.74, 6) is 0. The van der Waals surface area contributed by atoms with Crippen molar-refractivity contribution >= 4 is 47.8 Å². The van der Waals surface area contributed by atoms with Crippen LogP contribution >= 0.6 is 47.8 Å². The van der Waals surface area contributed by atoms with E-state index in [0.29, 0.717) is 0 Å². The van der Waals surface area contributed by atoms with Gasteiger partial charge in [-0.1, -0.05) is 248 Å². The molecule has 0 aliphatic rings. The minimum Gasteiger partial charge on any atom is -0.0696 e. The van der Waals surface area contributed by atoms with Crippen LogP contribution in [0.25, 0.3) is 0 Å². The minimum atomic E-state index is -0.650. The minimum absolute atomic E-state index is 0.650. The number of alkyl halides is 3. The molecule has 0 unspecified atom stereocenters. The van der Waals surface area contributed by atoms with E-state index in [1.54, 1.807) is 0 Å². The van der Waals surface area contributed by atoms with Gasteiger partial charge in [0.15, 0.2) is 0 Å². The summed E-state index contributed by atoms with van der Waals surface area (Å²) >= 11 is 13.2. The summed E-state index contributed by atoms with van der Waals surface area (Å²) in [6.07, 6.45) is 0. The van der Waals surface area contributed by atoms with E-state index in [1.807, 2.05) is 0 Å². The van der Waals surface area contributed by atoms with E-state index in [0.717, 1.165) is 50.1 Å². The summed E-state index contributed by atoms with van der Waals surface area (Å²) in [5, 5.41) is 0. The lowest BCUT2D eigenvalue weighted by molar-refractivity contribution is 0.849. The summed E-state index contributed by atoms with van der Waals surface area (Å²) in [4.78, 5) is 0. The van der Waals surface area contributed by atoms with Gasteiger partial charge in [-0.3, -0.25) is 0 Å². The Hall–Kier alpha value is -4.02. The van der Waals surface area contributed by atoms with Crippen LogP contribution in [0.15, 0.2) is 200 Å². The summed E-state index contributed by atoms with van der Waals surface area (Å²) in [5.41, 5.74) is 10.3. The maximum absolute atomic E-state index is 4.41. The lowest BCUT2D eigenvalue weighted by Crippen LogP contribution is -2.29. The van der Waals surface area contributed by atoms with Crippen molar-refractivity contribution in [3.8, 4) is 0 Å². The Morgan fingerprint density at radius 1 is 0.208 bits per heavy atom. The standard InChI is InChI=1S/C45H33Br3/c46-43(34-19-7-1-8-20-34,35-21-9-2-10-22-35)40-31-41(44(47,36-23-11-3-12-24-36)37-25-13-4-14-26-37)33-42(32-40)45(48,38-27-15-5-16-28-38)39-29-17-6-18-30-39/h1-33H. The molecular weight excluding hydrogens is 780 g/mol. The van der Waals surface area contributed by atoms with Crippen LogP contribution in [0.3, 0.4) is 0 Å². The van der Waals surface area contributed by atoms with Gasteiger partial charge in [0, 0.05) is 0 Å². The molecule has 0 aliphatic carbocycles. The SMILES string of the molecule is BrC(c1ccccc1)(c1ccccc1)c1cc(C(Br)(c2ccccc2)c2ccccc2)cc(C(Br)(c2ccccc2)c2ccccc2)c1. The highest BCUT2D eigenvalue weighted by Gasteiger charge is 2.42. The summed E-state index contributed by atoms with van der Waals surface area (Å²) in [7, 11) is 0. The van der Waals surface area contributed by atoms with Crippen LogP contribution in [0.1, 0.15) is 50.1 Å². The van der Waals surface area contributed by atoms with Crippen molar-refractivity contribution in [2.75, 3.05) is 0 Å². The van der Waals surface area contributed by atoms with Gasteiger partial charge in [-0.25, -0.2) is 0 Å². The molecule has 0 spiro atoms. The Bertz CT molecular complexity index is 1700. The van der Waals surface area contributed by atoms with E-state index >= 15 is 0 Å². The fourth-order valence-corrected chi connectivity index (χ4v) is 9.00. The molecular formula is C45H33Br3. The van der Waals surface area contributed by atoms with Crippen LogP contribution in [-0.2, 0) is 13.0 Å². The van der Waals surface area contributed by atoms with Crippen LogP contribution in [0.2, 0.25) is 0 Å². The van der Waals surface area contributed by atoms with Gasteiger partial charge in [0.1, 0.15) is 13.0 Å². The average molecular weight is 813 g/mol. The largest absolute Gasteiger partial charge is 0.100 e. The highest BCUT2D eigenvalue weighted by molar-refractivity contribution is 9.10. The molecule has 0 nitrogen and oxygen atoms in total. The van der Waals surface area contributed by atoms with Gasteiger partial charge in [-0.15, -0.1) is 0 Å². The normalized spacial score (nSPS) is 12.1. The van der Waals surface area contributed by atoms with E-state index < -0.39 is 13.0 Å². The Kier molecular flexibility index (Phi) is 9.38. The van der Waals surface area contributed by atoms with Crippen molar-refractivity contribution in [2.24, 2.45) is 0 Å². The third-order valence-corrected chi connectivity index (χ3v) is 13.3. The lowest BCUT2D eigenvalue weighted by Gasteiger charge is -2.37. The molecule has 0 aromatic heterocycles. The van der Waals surface area contributed by atoms with Gasteiger partial charge in [0.05, 0.1) is 0 Å². The lowest BCUT2D eigenvalue weighted by atomic mass is 9.76. The van der Waals surface area contributed by atoms with Crippen LogP contribution in [0.4, 0.5) is 0 Å². The van der Waals surface area contributed by atoms with Crippen molar-refractivity contribution in [3.63, 3.8) is 0 Å². The van der Waals surface area contributed by atoms with Crippen molar-refractivity contribution < 1.29 is 0 Å². The smallest absolute Gasteiger partial charge is 0.0696 e. The number of rotatable bonds is 9. The third-order valence-electron chi connectivity index (χ3n) is 9.16. The van der Waals surface area contributed by atoms with Gasteiger partial charge in [-0.05, 0) is 50.1 Å². The first-order valence-corrected chi connectivity index (χ1v) is 18.4. The zero-order valence-corrected chi connectivity index (χ0v) is 30.9. The number of hydrogen-bond acceptors (Lipinski definition) is 0. The monoisotopic (exact) mass is 810 g/mol. The van der Waals surface area contributed by atoms with E-state index in [4.69, 9.17) is 0 Å². The van der Waals surface area contributed by atoms with Gasteiger partial charge in [0.25, 0.3) is 0 Å². The second-order valence-electron chi connectivity index (χ2n) is 12.0. The second kappa shape index (κ2) is 13.8. The average Bonchev–Trinajstić information content (AvgIpc) is 3.18. The highest BCUT2D eigenvalue weighted by atomic mass is 79.9. The molecule has 3 heteroatoms. The number of halogens is 3. The molecule has 0 fully saturated rings. The zero-order chi connectivity index (χ0) is 33.0. The molecule has 0 bridgehead atoms. The predicted octanol–water partition coefficient (Wildman–Crippen LogP) is 12.7. The maximum atomic E-state index is 4.41. The predicted molar refractivity (Wildman–Crippen MR) is 212 cm³/mol. The molecule has 0 atom stereocenters. The fourth-order valence-electron chi connectivity index (χ4n) is 6.73. The fraction of sp³-hybridized carbons (Fsp3) is 0.0667. The Labute approximate surface area is 308 Å². The summed E-state index contributed by atoms with van der Waals surface area (Å²) in [6.45, 7) is 0. The first-order chi connectivity index (χ1) is 23.4. The van der Waals surface area contributed by atoms with Crippen molar-refractivity contribution in [2.45, 2.75) is 13.0 Å². The van der Waals surface area contributed by atoms with Gasteiger partial charge in [0.2, 0.25) is 0 Å². The molecule has 7 aromatic rings. The van der Waals surface area contributed by atoms with E-state index in [-0.39, 0.29) is 0 Å². The first kappa shape index (κ1) is 32.5. The van der Waals surface area contributed by atoms with Crippen molar-refractivity contribution in [3.05, 3.63) is 250 Å². The molecule has 0 aliphatic heterocycles. The Balaban J connectivity index is 1.62. The molecule has 234 valence electrons.